The highest BCUT2D eigenvalue weighted by Crippen LogP contribution is 2.18. The number of thiophene rings is 1. The second-order valence-electron chi connectivity index (χ2n) is 3.62. The number of hydrogen-bond donors (Lipinski definition) is 3. The van der Waals surface area contributed by atoms with Gasteiger partial charge in [-0.1, -0.05) is 0 Å². The summed E-state index contributed by atoms with van der Waals surface area (Å²) in [5.41, 5.74) is 0. The van der Waals surface area contributed by atoms with Crippen LogP contribution in [0.2, 0.25) is 0 Å². The number of hydrogen-bond acceptors (Lipinski definition) is 6. The molecule has 1 rings (SSSR count). The van der Waals surface area contributed by atoms with E-state index in [1.165, 1.54) is 12.5 Å². The molecule has 0 bridgehead atoms. The fourth-order valence-corrected chi connectivity index (χ4v) is 3.26. The minimum absolute atomic E-state index is 0.0880. The Bertz CT molecular complexity index is 580. The van der Waals surface area contributed by atoms with Gasteiger partial charge in [-0.3, -0.25) is 4.79 Å². The molecule has 8 nitrogen and oxygen atoms in total. The van der Waals surface area contributed by atoms with Gasteiger partial charge in [-0.2, -0.15) is 0 Å². The third-order valence-corrected chi connectivity index (χ3v) is 4.60. The zero-order valence-corrected chi connectivity index (χ0v) is 12.2. The predicted octanol–water partition coefficient (Wildman–Crippen LogP) is -0.513. The van der Waals surface area contributed by atoms with Crippen molar-refractivity contribution in [1.29, 1.82) is 0 Å². The maximum Gasteiger partial charge on any atom is 0.345 e. The third kappa shape index (κ3) is 4.89. The number of carbonyl (C=O) groups excluding carboxylic acids is 1. The lowest BCUT2D eigenvalue weighted by Crippen LogP contribution is -2.38. The standard InChI is InChI=1S/C10H14N2O6S2/c1-18-3-2-11-9(13)5-12-20(16,17)7-4-8(10(14)15)19-6-7/h4,6,12H,2-3,5H2,1H3,(H,11,13)(H,14,15). The van der Waals surface area contributed by atoms with E-state index in [2.05, 4.69) is 10.0 Å². The minimum atomic E-state index is -3.89. The Morgan fingerprint density at radius 2 is 2.15 bits per heavy atom. The number of rotatable bonds is 8. The van der Waals surface area contributed by atoms with E-state index in [0.29, 0.717) is 6.61 Å². The summed E-state index contributed by atoms with van der Waals surface area (Å²) in [5, 5.41) is 12.4. The van der Waals surface area contributed by atoms with Crippen LogP contribution in [0.5, 0.6) is 0 Å². The quantitative estimate of drug-likeness (QED) is 0.554. The van der Waals surface area contributed by atoms with Crippen molar-refractivity contribution in [3.63, 3.8) is 0 Å². The molecule has 0 aromatic carbocycles. The predicted molar refractivity (Wildman–Crippen MR) is 71.4 cm³/mol. The third-order valence-electron chi connectivity index (χ3n) is 2.15. The second kappa shape index (κ2) is 7.33. The number of carboxylic acids is 1. The van der Waals surface area contributed by atoms with E-state index in [4.69, 9.17) is 9.84 Å². The van der Waals surface area contributed by atoms with Gasteiger partial charge in [0, 0.05) is 19.0 Å². The van der Waals surface area contributed by atoms with Crippen LogP contribution in [0, 0.1) is 0 Å². The van der Waals surface area contributed by atoms with Crippen LogP contribution in [0.1, 0.15) is 9.67 Å². The molecule has 0 aliphatic heterocycles. The molecule has 1 amide bonds. The fraction of sp³-hybridized carbons (Fsp3) is 0.400. The van der Waals surface area contributed by atoms with Crippen LogP contribution in [0.15, 0.2) is 16.3 Å². The molecule has 0 unspecified atom stereocenters. The van der Waals surface area contributed by atoms with Gasteiger partial charge in [-0.05, 0) is 6.07 Å². The highest BCUT2D eigenvalue weighted by molar-refractivity contribution is 7.89. The van der Waals surface area contributed by atoms with Crippen LogP contribution < -0.4 is 10.0 Å². The van der Waals surface area contributed by atoms with Gasteiger partial charge in [0.15, 0.2) is 0 Å². The highest BCUT2D eigenvalue weighted by Gasteiger charge is 2.19. The number of carboxylic acid groups (broad SMARTS) is 1. The first-order valence-corrected chi connectivity index (χ1v) is 7.80. The topological polar surface area (TPSA) is 122 Å². The summed E-state index contributed by atoms with van der Waals surface area (Å²) in [5.74, 6) is -1.70. The summed E-state index contributed by atoms with van der Waals surface area (Å²) in [4.78, 5) is 21.7. The average Bonchev–Trinajstić information content (AvgIpc) is 2.87. The molecular weight excluding hydrogens is 308 g/mol. The van der Waals surface area contributed by atoms with Gasteiger partial charge in [0.05, 0.1) is 18.0 Å². The Labute approximate surface area is 119 Å². The Kier molecular flexibility index (Phi) is 6.07. The normalized spacial score (nSPS) is 11.2. The molecule has 1 aromatic heterocycles. The fourth-order valence-electron chi connectivity index (χ4n) is 1.17. The van der Waals surface area contributed by atoms with Gasteiger partial charge in [0.2, 0.25) is 15.9 Å². The van der Waals surface area contributed by atoms with Crippen molar-refractivity contribution in [3.05, 3.63) is 16.3 Å². The molecule has 0 saturated heterocycles. The molecule has 0 atom stereocenters. The summed E-state index contributed by atoms with van der Waals surface area (Å²) in [6, 6.07) is 1.04. The molecule has 1 aromatic rings. The van der Waals surface area contributed by atoms with Crippen molar-refractivity contribution in [2.75, 3.05) is 26.8 Å². The van der Waals surface area contributed by atoms with Crippen molar-refractivity contribution in [1.82, 2.24) is 10.0 Å². The lowest BCUT2D eigenvalue weighted by Gasteiger charge is -2.06. The van der Waals surface area contributed by atoms with Gasteiger partial charge in [-0.15, -0.1) is 11.3 Å². The van der Waals surface area contributed by atoms with Gasteiger partial charge in [0.1, 0.15) is 4.88 Å². The minimum Gasteiger partial charge on any atom is -0.477 e. The van der Waals surface area contributed by atoms with Gasteiger partial charge in [-0.25, -0.2) is 17.9 Å². The van der Waals surface area contributed by atoms with Crippen molar-refractivity contribution >= 4 is 33.2 Å². The first kappa shape index (κ1) is 16.6. The van der Waals surface area contributed by atoms with Crippen molar-refractivity contribution in [3.8, 4) is 0 Å². The van der Waals surface area contributed by atoms with Crippen LogP contribution in [0.4, 0.5) is 0 Å². The van der Waals surface area contributed by atoms with Crippen LogP contribution in [0.25, 0.3) is 0 Å². The van der Waals surface area contributed by atoms with Crippen LogP contribution in [-0.4, -0.2) is 52.2 Å². The summed E-state index contributed by atoms with van der Waals surface area (Å²) in [6.07, 6.45) is 0. The SMILES string of the molecule is COCCNC(=O)CNS(=O)(=O)c1csc(C(=O)O)c1. The molecule has 0 aliphatic rings. The maximum atomic E-state index is 11.8. The van der Waals surface area contributed by atoms with E-state index in [-0.39, 0.29) is 16.3 Å². The lowest BCUT2D eigenvalue weighted by molar-refractivity contribution is -0.120. The number of aromatic carboxylic acids is 1. The molecule has 1 heterocycles. The zero-order chi connectivity index (χ0) is 15.2. The molecule has 3 N–H and O–H groups in total. The molecule has 0 fully saturated rings. The monoisotopic (exact) mass is 322 g/mol. The number of amides is 1. The second-order valence-corrected chi connectivity index (χ2v) is 6.30. The molecule has 0 spiro atoms. The van der Waals surface area contributed by atoms with Crippen molar-refractivity contribution in [2.45, 2.75) is 4.90 Å². The average molecular weight is 322 g/mol. The maximum absolute atomic E-state index is 11.8. The summed E-state index contributed by atoms with van der Waals surface area (Å²) in [7, 11) is -2.42. The number of carbonyl (C=O) groups is 2. The van der Waals surface area contributed by atoms with Gasteiger partial charge >= 0.3 is 5.97 Å². The van der Waals surface area contributed by atoms with Crippen LogP contribution >= 0.6 is 11.3 Å². The Morgan fingerprint density at radius 3 is 2.70 bits per heavy atom. The molecule has 0 saturated carbocycles. The van der Waals surface area contributed by atoms with Gasteiger partial charge < -0.3 is 15.2 Å². The Balaban J connectivity index is 2.56. The van der Waals surface area contributed by atoms with E-state index in [9.17, 15) is 18.0 Å². The largest absolute Gasteiger partial charge is 0.477 e. The van der Waals surface area contributed by atoms with E-state index in [1.54, 1.807) is 0 Å². The van der Waals surface area contributed by atoms with E-state index in [0.717, 1.165) is 17.4 Å². The van der Waals surface area contributed by atoms with Crippen molar-refractivity contribution < 1.29 is 27.9 Å². The smallest absolute Gasteiger partial charge is 0.345 e. The number of sulfonamides is 1. The van der Waals surface area contributed by atoms with Crippen molar-refractivity contribution in [2.24, 2.45) is 0 Å². The molecule has 0 aliphatic carbocycles. The number of ether oxygens (including phenoxy) is 1. The van der Waals surface area contributed by atoms with Gasteiger partial charge in [0.25, 0.3) is 0 Å². The summed E-state index contributed by atoms with van der Waals surface area (Å²) >= 11 is 0.800. The van der Waals surface area contributed by atoms with Crippen LogP contribution in [0.3, 0.4) is 0 Å². The first-order valence-electron chi connectivity index (χ1n) is 5.44. The summed E-state index contributed by atoms with van der Waals surface area (Å²) < 4.78 is 30.4. The number of nitrogens with one attached hydrogen (secondary N) is 2. The van der Waals surface area contributed by atoms with E-state index >= 15 is 0 Å². The first-order chi connectivity index (χ1) is 9.36. The molecular formula is C10H14N2O6S2. The lowest BCUT2D eigenvalue weighted by atomic mass is 10.5. The molecule has 10 heteroatoms. The zero-order valence-electron chi connectivity index (χ0n) is 10.6. The number of methoxy groups -OCH3 is 1. The summed E-state index contributed by atoms with van der Waals surface area (Å²) in [6.45, 7) is 0.175. The van der Waals surface area contributed by atoms with E-state index < -0.39 is 28.4 Å². The van der Waals surface area contributed by atoms with Crippen LogP contribution in [-0.2, 0) is 19.6 Å². The molecule has 20 heavy (non-hydrogen) atoms. The Hall–Kier alpha value is -1.49. The van der Waals surface area contributed by atoms with E-state index in [1.807, 2.05) is 0 Å². The Morgan fingerprint density at radius 1 is 1.45 bits per heavy atom. The molecule has 0 radical (unpaired) electrons. The highest BCUT2D eigenvalue weighted by atomic mass is 32.2. The molecule has 112 valence electrons.